The van der Waals surface area contributed by atoms with Crippen LogP contribution in [0.2, 0.25) is 0 Å². The van der Waals surface area contributed by atoms with E-state index in [1.165, 1.54) is 5.56 Å². The molecule has 5 heteroatoms. The van der Waals surface area contributed by atoms with Gasteiger partial charge in [0.15, 0.2) is 5.54 Å². The van der Waals surface area contributed by atoms with Crippen LogP contribution >= 0.6 is 0 Å². The molecule has 0 bridgehead atoms. The van der Waals surface area contributed by atoms with E-state index in [0.717, 1.165) is 48.3 Å². The molecule has 1 aliphatic heterocycles. The van der Waals surface area contributed by atoms with E-state index in [9.17, 15) is 0 Å². The lowest BCUT2D eigenvalue weighted by atomic mass is 9.77. The molecular formula is C31H28N4O. The molecule has 0 spiro atoms. The van der Waals surface area contributed by atoms with Gasteiger partial charge in [-0.05, 0) is 46.2 Å². The summed E-state index contributed by atoms with van der Waals surface area (Å²) in [5, 5.41) is 14.5. The predicted octanol–water partition coefficient (Wildman–Crippen LogP) is 6.07. The van der Waals surface area contributed by atoms with Gasteiger partial charge in [-0.1, -0.05) is 115 Å². The number of hydrogen-bond acceptors (Lipinski definition) is 4. The molecule has 0 unspecified atom stereocenters. The van der Waals surface area contributed by atoms with Gasteiger partial charge in [-0.15, -0.1) is 15.0 Å². The third-order valence-corrected chi connectivity index (χ3v) is 7.15. The summed E-state index contributed by atoms with van der Waals surface area (Å²) in [4.78, 5) is 1.79. The van der Waals surface area contributed by atoms with Crippen molar-refractivity contribution in [3.63, 3.8) is 0 Å². The van der Waals surface area contributed by atoms with Gasteiger partial charge >= 0.3 is 0 Å². The number of nitrogens with zero attached hydrogens (tertiary/aromatic N) is 4. The second kappa shape index (κ2) is 9.88. The van der Waals surface area contributed by atoms with E-state index in [2.05, 4.69) is 102 Å². The summed E-state index contributed by atoms with van der Waals surface area (Å²) in [6.45, 7) is 1.58. The van der Waals surface area contributed by atoms with Crippen molar-refractivity contribution in [3.05, 3.63) is 138 Å². The zero-order valence-electron chi connectivity index (χ0n) is 20.1. The molecule has 1 aliphatic rings. The fourth-order valence-corrected chi connectivity index (χ4v) is 5.41. The highest BCUT2D eigenvalue weighted by Gasteiger charge is 2.41. The van der Waals surface area contributed by atoms with Crippen LogP contribution in [0.4, 0.5) is 0 Å². The third kappa shape index (κ3) is 3.91. The van der Waals surface area contributed by atoms with Crippen molar-refractivity contribution in [2.24, 2.45) is 0 Å². The van der Waals surface area contributed by atoms with Crippen LogP contribution in [0.25, 0.3) is 11.4 Å². The van der Waals surface area contributed by atoms with Gasteiger partial charge in [0, 0.05) is 18.8 Å². The minimum Gasteiger partial charge on any atom is -0.381 e. The molecule has 6 rings (SSSR count). The quantitative estimate of drug-likeness (QED) is 0.281. The highest BCUT2D eigenvalue weighted by Crippen LogP contribution is 2.40. The Balaban J connectivity index is 1.56. The van der Waals surface area contributed by atoms with E-state index in [1.54, 1.807) is 4.80 Å². The van der Waals surface area contributed by atoms with E-state index in [0.29, 0.717) is 11.7 Å². The Kier molecular flexibility index (Phi) is 6.14. The second-order valence-electron chi connectivity index (χ2n) is 9.18. The second-order valence-corrected chi connectivity index (χ2v) is 9.18. The minimum atomic E-state index is -0.775. The van der Waals surface area contributed by atoms with E-state index < -0.39 is 5.54 Å². The Morgan fingerprint density at radius 3 is 1.69 bits per heavy atom. The monoisotopic (exact) mass is 472 g/mol. The molecule has 0 atom stereocenters. The van der Waals surface area contributed by atoms with Crippen LogP contribution < -0.4 is 0 Å². The van der Waals surface area contributed by atoms with Crippen molar-refractivity contribution >= 4 is 0 Å². The first-order valence-electron chi connectivity index (χ1n) is 12.5. The van der Waals surface area contributed by atoms with Gasteiger partial charge in [0.1, 0.15) is 0 Å². The predicted molar refractivity (Wildman–Crippen MR) is 141 cm³/mol. The summed E-state index contributed by atoms with van der Waals surface area (Å²) >= 11 is 0. The summed E-state index contributed by atoms with van der Waals surface area (Å²) in [6.07, 6.45) is 2.01. The summed E-state index contributed by atoms with van der Waals surface area (Å²) in [5.74, 6) is 1.08. The fraction of sp³-hybridized carbons (Fsp3) is 0.194. The largest absolute Gasteiger partial charge is 0.381 e. The molecule has 5 nitrogen and oxygen atoms in total. The Hall–Kier alpha value is -4.09. The first-order valence-corrected chi connectivity index (χ1v) is 12.5. The number of aromatic nitrogens is 4. The standard InChI is InChI=1S/C31H28N4O/c1-4-12-25(13-5-1)31(26-14-6-2-7-15-26,27-16-8-3-9-17-27)35-33-30(32-34-35)29-19-11-10-18-28(29)24-20-22-36-23-21-24/h1-19,24H,20-23H2. The lowest BCUT2D eigenvalue weighted by Crippen LogP contribution is -2.39. The molecule has 0 saturated carbocycles. The zero-order chi connectivity index (χ0) is 24.2. The summed E-state index contributed by atoms with van der Waals surface area (Å²) in [5.41, 5.74) is 4.75. The van der Waals surface area contributed by atoms with Crippen LogP contribution in [0.15, 0.2) is 115 Å². The highest BCUT2D eigenvalue weighted by atomic mass is 16.5. The summed E-state index contributed by atoms with van der Waals surface area (Å²) in [7, 11) is 0. The zero-order valence-corrected chi connectivity index (χ0v) is 20.1. The van der Waals surface area contributed by atoms with Crippen LogP contribution in [0, 0.1) is 0 Å². The Morgan fingerprint density at radius 1 is 0.639 bits per heavy atom. The molecule has 4 aromatic carbocycles. The van der Waals surface area contributed by atoms with Crippen molar-refractivity contribution in [1.29, 1.82) is 0 Å². The van der Waals surface area contributed by atoms with E-state index in [4.69, 9.17) is 15.0 Å². The van der Waals surface area contributed by atoms with Crippen LogP contribution in [0.5, 0.6) is 0 Å². The van der Waals surface area contributed by atoms with Crippen LogP contribution in [-0.2, 0) is 10.3 Å². The maximum absolute atomic E-state index is 5.61. The van der Waals surface area contributed by atoms with Crippen LogP contribution in [0.3, 0.4) is 0 Å². The van der Waals surface area contributed by atoms with E-state index >= 15 is 0 Å². The minimum absolute atomic E-state index is 0.434. The van der Waals surface area contributed by atoms with Crippen LogP contribution in [0.1, 0.15) is 41.0 Å². The lowest BCUT2D eigenvalue weighted by Gasteiger charge is -2.34. The molecule has 1 aromatic heterocycles. The first-order chi connectivity index (χ1) is 17.9. The van der Waals surface area contributed by atoms with Gasteiger partial charge < -0.3 is 4.74 Å². The van der Waals surface area contributed by atoms with Crippen molar-refractivity contribution < 1.29 is 4.74 Å². The van der Waals surface area contributed by atoms with Crippen molar-refractivity contribution in [3.8, 4) is 11.4 Å². The molecule has 178 valence electrons. The van der Waals surface area contributed by atoms with Crippen molar-refractivity contribution in [1.82, 2.24) is 20.2 Å². The molecule has 2 heterocycles. The Labute approximate surface area is 211 Å². The summed E-state index contributed by atoms with van der Waals surface area (Å²) < 4.78 is 5.61. The lowest BCUT2D eigenvalue weighted by molar-refractivity contribution is 0.0854. The molecule has 0 radical (unpaired) electrons. The smallest absolute Gasteiger partial charge is 0.205 e. The molecule has 0 N–H and O–H groups in total. The molecule has 36 heavy (non-hydrogen) atoms. The Morgan fingerprint density at radius 2 is 1.14 bits per heavy atom. The molecule has 0 amide bonds. The van der Waals surface area contributed by atoms with Gasteiger partial charge in [-0.3, -0.25) is 0 Å². The van der Waals surface area contributed by atoms with Crippen LogP contribution in [-0.4, -0.2) is 33.4 Å². The molecule has 5 aromatic rings. The average Bonchev–Trinajstić information content (AvgIpc) is 3.46. The topological polar surface area (TPSA) is 52.8 Å². The highest BCUT2D eigenvalue weighted by molar-refractivity contribution is 5.61. The SMILES string of the molecule is c1ccc(C(c2ccccc2)(c2ccccc2)n2nnc(-c3ccccc3C3CCOCC3)n2)cc1. The normalized spacial score (nSPS) is 14.6. The van der Waals surface area contributed by atoms with Gasteiger partial charge in [-0.2, -0.15) is 0 Å². The maximum atomic E-state index is 5.61. The van der Waals surface area contributed by atoms with Gasteiger partial charge in [0.2, 0.25) is 5.82 Å². The average molecular weight is 473 g/mol. The van der Waals surface area contributed by atoms with Gasteiger partial charge in [-0.25, -0.2) is 0 Å². The van der Waals surface area contributed by atoms with E-state index in [-0.39, 0.29) is 0 Å². The number of benzene rings is 4. The van der Waals surface area contributed by atoms with Gasteiger partial charge in [0.25, 0.3) is 0 Å². The molecule has 0 aliphatic carbocycles. The fourth-order valence-electron chi connectivity index (χ4n) is 5.41. The summed E-state index contributed by atoms with van der Waals surface area (Å²) in [6, 6.07) is 39.8. The first kappa shape index (κ1) is 22.4. The van der Waals surface area contributed by atoms with Crippen molar-refractivity contribution in [2.75, 3.05) is 13.2 Å². The third-order valence-electron chi connectivity index (χ3n) is 7.15. The van der Waals surface area contributed by atoms with Crippen molar-refractivity contribution in [2.45, 2.75) is 24.3 Å². The molecule has 1 fully saturated rings. The number of rotatable bonds is 6. The Bertz CT molecular complexity index is 1310. The maximum Gasteiger partial charge on any atom is 0.205 e. The molecular weight excluding hydrogens is 444 g/mol. The number of ether oxygens (including phenoxy) is 1. The number of tetrazole rings is 1. The molecule has 1 saturated heterocycles. The van der Waals surface area contributed by atoms with Gasteiger partial charge in [0.05, 0.1) is 0 Å². The number of hydrogen-bond donors (Lipinski definition) is 0. The van der Waals surface area contributed by atoms with E-state index in [1.807, 2.05) is 18.2 Å².